The average Bonchev–Trinajstić information content (AvgIpc) is 2.30. The second kappa shape index (κ2) is 7.63. The molecule has 0 saturated carbocycles. The number of amides is 1. The van der Waals surface area contributed by atoms with Gasteiger partial charge >= 0.3 is 0 Å². The second-order valence-electron chi connectivity index (χ2n) is 4.35. The van der Waals surface area contributed by atoms with Gasteiger partial charge < -0.3 is 4.74 Å². The Bertz CT molecular complexity index is 197. The molecule has 16 heavy (non-hydrogen) atoms. The van der Waals surface area contributed by atoms with Crippen molar-refractivity contribution in [2.75, 3.05) is 26.3 Å². The largest absolute Gasteiger partial charge is 0.379 e. The quantitative estimate of drug-likeness (QED) is 0.750. The summed E-state index contributed by atoms with van der Waals surface area (Å²) in [6.07, 6.45) is 4.12. The third kappa shape index (κ3) is 4.49. The number of nitrogens with one attached hydrogen (secondary N) is 1. The van der Waals surface area contributed by atoms with Gasteiger partial charge in [0.15, 0.2) is 0 Å². The van der Waals surface area contributed by atoms with Gasteiger partial charge in [0, 0.05) is 19.0 Å². The van der Waals surface area contributed by atoms with Crippen LogP contribution in [0.5, 0.6) is 0 Å². The monoisotopic (exact) mass is 228 g/mol. The lowest BCUT2D eigenvalue weighted by Gasteiger charge is -2.28. The van der Waals surface area contributed by atoms with Gasteiger partial charge in [0.25, 0.3) is 0 Å². The molecule has 1 fully saturated rings. The maximum Gasteiger partial charge on any atom is 0.237 e. The highest BCUT2D eigenvalue weighted by molar-refractivity contribution is 5.78. The number of carbonyl (C=O) groups excluding carboxylic acids is 1. The third-order valence-corrected chi connectivity index (χ3v) is 2.92. The summed E-state index contributed by atoms with van der Waals surface area (Å²) in [5, 5.41) is 1.98. The predicted molar refractivity (Wildman–Crippen MR) is 63.8 cm³/mol. The molecule has 0 spiro atoms. The summed E-state index contributed by atoms with van der Waals surface area (Å²) >= 11 is 0. The van der Waals surface area contributed by atoms with E-state index in [4.69, 9.17) is 4.74 Å². The van der Waals surface area contributed by atoms with Crippen LogP contribution in [0.3, 0.4) is 0 Å². The fourth-order valence-corrected chi connectivity index (χ4v) is 2.03. The molecule has 0 bridgehead atoms. The standard InChI is InChI=1S/C12H24N2O2/c1-3-5-11(6-4-2)12(15)13-14-7-9-16-10-8-14/h11H,3-10H2,1-2H3,(H,13,15). The molecule has 1 aliphatic heterocycles. The van der Waals surface area contributed by atoms with Crippen LogP contribution in [-0.4, -0.2) is 37.2 Å². The topological polar surface area (TPSA) is 41.6 Å². The Labute approximate surface area is 98.3 Å². The van der Waals surface area contributed by atoms with Gasteiger partial charge in [-0.3, -0.25) is 10.2 Å². The van der Waals surface area contributed by atoms with Gasteiger partial charge in [0.1, 0.15) is 0 Å². The highest BCUT2D eigenvalue weighted by Crippen LogP contribution is 2.13. The molecule has 4 heteroatoms. The SMILES string of the molecule is CCCC(CCC)C(=O)NN1CCOCC1. The molecule has 1 saturated heterocycles. The maximum absolute atomic E-state index is 12.0. The van der Waals surface area contributed by atoms with Crippen molar-refractivity contribution < 1.29 is 9.53 Å². The van der Waals surface area contributed by atoms with E-state index >= 15 is 0 Å². The Morgan fingerprint density at radius 3 is 2.31 bits per heavy atom. The summed E-state index contributed by atoms with van der Waals surface area (Å²) in [4.78, 5) is 12.0. The van der Waals surface area contributed by atoms with Crippen LogP contribution in [0.25, 0.3) is 0 Å². The normalized spacial score (nSPS) is 17.7. The summed E-state index contributed by atoms with van der Waals surface area (Å²) in [5.41, 5.74) is 3.00. The predicted octanol–water partition coefficient (Wildman–Crippen LogP) is 1.57. The molecule has 0 atom stereocenters. The highest BCUT2D eigenvalue weighted by Gasteiger charge is 2.19. The minimum Gasteiger partial charge on any atom is -0.379 e. The summed E-state index contributed by atoms with van der Waals surface area (Å²) in [6, 6.07) is 0. The Kier molecular flexibility index (Phi) is 6.42. The molecule has 94 valence electrons. The van der Waals surface area contributed by atoms with E-state index in [0.29, 0.717) is 13.2 Å². The van der Waals surface area contributed by atoms with E-state index in [1.807, 2.05) is 5.01 Å². The lowest BCUT2D eigenvalue weighted by molar-refractivity contribution is -0.132. The first-order chi connectivity index (χ1) is 7.77. The summed E-state index contributed by atoms with van der Waals surface area (Å²) in [6.45, 7) is 7.29. The number of hydrogen-bond donors (Lipinski definition) is 1. The molecule has 1 rings (SSSR count). The summed E-state index contributed by atoms with van der Waals surface area (Å²) in [7, 11) is 0. The van der Waals surface area contributed by atoms with Crippen molar-refractivity contribution in [3.8, 4) is 0 Å². The zero-order valence-corrected chi connectivity index (χ0v) is 10.5. The number of hydrazine groups is 1. The van der Waals surface area contributed by atoms with Crippen LogP contribution in [0, 0.1) is 5.92 Å². The number of rotatable bonds is 6. The van der Waals surface area contributed by atoms with E-state index in [-0.39, 0.29) is 11.8 Å². The van der Waals surface area contributed by atoms with Crippen molar-refractivity contribution in [2.45, 2.75) is 39.5 Å². The van der Waals surface area contributed by atoms with E-state index in [1.54, 1.807) is 0 Å². The van der Waals surface area contributed by atoms with Crippen LogP contribution >= 0.6 is 0 Å². The molecule has 0 radical (unpaired) electrons. The molecule has 0 aromatic carbocycles. The van der Waals surface area contributed by atoms with Gasteiger partial charge in [0.2, 0.25) is 5.91 Å². The van der Waals surface area contributed by atoms with Crippen molar-refractivity contribution in [3.63, 3.8) is 0 Å². The van der Waals surface area contributed by atoms with E-state index in [2.05, 4.69) is 19.3 Å². The van der Waals surface area contributed by atoms with Crippen LogP contribution in [-0.2, 0) is 9.53 Å². The fourth-order valence-electron chi connectivity index (χ4n) is 2.03. The molecular weight excluding hydrogens is 204 g/mol. The third-order valence-electron chi connectivity index (χ3n) is 2.92. The van der Waals surface area contributed by atoms with Gasteiger partial charge in [0.05, 0.1) is 13.2 Å². The maximum atomic E-state index is 12.0. The Morgan fingerprint density at radius 1 is 1.25 bits per heavy atom. The number of carbonyl (C=O) groups is 1. The zero-order valence-electron chi connectivity index (χ0n) is 10.5. The number of nitrogens with zero attached hydrogens (tertiary/aromatic N) is 1. The van der Waals surface area contributed by atoms with E-state index < -0.39 is 0 Å². The van der Waals surface area contributed by atoms with Crippen molar-refractivity contribution in [3.05, 3.63) is 0 Å². The molecule has 1 N–H and O–H groups in total. The average molecular weight is 228 g/mol. The molecule has 0 unspecified atom stereocenters. The van der Waals surface area contributed by atoms with Crippen LogP contribution in [0.2, 0.25) is 0 Å². The molecule has 0 aromatic rings. The molecule has 1 heterocycles. The lowest BCUT2D eigenvalue weighted by atomic mass is 9.98. The van der Waals surface area contributed by atoms with Crippen LogP contribution in [0.1, 0.15) is 39.5 Å². The van der Waals surface area contributed by atoms with Crippen molar-refractivity contribution in [2.24, 2.45) is 5.92 Å². The number of ether oxygens (including phenoxy) is 1. The molecule has 0 aliphatic carbocycles. The van der Waals surface area contributed by atoms with Crippen molar-refractivity contribution >= 4 is 5.91 Å². The summed E-state index contributed by atoms with van der Waals surface area (Å²) < 4.78 is 5.24. The highest BCUT2D eigenvalue weighted by atomic mass is 16.5. The molecule has 1 aliphatic rings. The summed E-state index contributed by atoms with van der Waals surface area (Å²) in [5.74, 6) is 0.364. The van der Waals surface area contributed by atoms with Gasteiger partial charge in [-0.05, 0) is 12.8 Å². The zero-order chi connectivity index (χ0) is 11.8. The molecular formula is C12H24N2O2. The first-order valence-electron chi connectivity index (χ1n) is 6.41. The first-order valence-corrected chi connectivity index (χ1v) is 6.41. The molecule has 0 aromatic heterocycles. The molecule has 4 nitrogen and oxygen atoms in total. The van der Waals surface area contributed by atoms with Gasteiger partial charge in [-0.1, -0.05) is 26.7 Å². The van der Waals surface area contributed by atoms with E-state index in [1.165, 1.54) is 0 Å². The van der Waals surface area contributed by atoms with Crippen LogP contribution in [0.15, 0.2) is 0 Å². The smallest absolute Gasteiger partial charge is 0.237 e. The minimum absolute atomic E-state index is 0.179. The second-order valence-corrected chi connectivity index (χ2v) is 4.35. The van der Waals surface area contributed by atoms with Gasteiger partial charge in [-0.2, -0.15) is 0 Å². The lowest BCUT2D eigenvalue weighted by Crippen LogP contribution is -2.50. The van der Waals surface area contributed by atoms with E-state index in [0.717, 1.165) is 38.8 Å². The Morgan fingerprint density at radius 2 is 1.81 bits per heavy atom. The van der Waals surface area contributed by atoms with Gasteiger partial charge in [-0.25, -0.2) is 5.01 Å². The van der Waals surface area contributed by atoms with Gasteiger partial charge in [-0.15, -0.1) is 0 Å². The van der Waals surface area contributed by atoms with Crippen molar-refractivity contribution in [1.82, 2.24) is 10.4 Å². The van der Waals surface area contributed by atoms with Crippen LogP contribution in [0.4, 0.5) is 0 Å². The van der Waals surface area contributed by atoms with Crippen molar-refractivity contribution in [1.29, 1.82) is 0 Å². The van der Waals surface area contributed by atoms with E-state index in [9.17, 15) is 4.79 Å². The molecule has 1 amide bonds. The van der Waals surface area contributed by atoms with Crippen LogP contribution < -0.4 is 5.43 Å². The Hall–Kier alpha value is -0.610. The number of hydrogen-bond acceptors (Lipinski definition) is 3. The minimum atomic E-state index is 0.179. The first kappa shape index (κ1) is 13.5. The Balaban J connectivity index is 2.34. The fraction of sp³-hybridized carbons (Fsp3) is 0.917. The number of morpholine rings is 1.